The second kappa shape index (κ2) is 4.96. The van der Waals surface area contributed by atoms with Crippen molar-refractivity contribution in [3.63, 3.8) is 0 Å². The lowest BCUT2D eigenvalue weighted by Crippen LogP contribution is -2.39. The number of fused-ring (bicyclic) bond motifs is 1. The van der Waals surface area contributed by atoms with Gasteiger partial charge in [0.15, 0.2) is 11.5 Å². The van der Waals surface area contributed by atoms with Gasteiger partial charge in [0.2, 0.25) is 0 Å². The van der Waals surface area contributed by atoms with E-state index in [0.717, 1.165) is 17.9 Å². The highest BCUT2D eigenvalue weighted by molar-refractivity contribution is 6.89. The first-order chi connectivity index (χ1) is 8.49. The van der Waals surface area contributed by atoms with Crippen LogP contribution in [0, 0.1) is 0 Å². The van der Waals surface area contributed by atoms with Gasteiger partial charge in [-0.15, -0.1) is 0 Å². The van der Waals surface area contributed by atoms with Gasteiger partial charge in [0, 0.05) is 5.56 Å². The summed E-state index contributed by atoms with van der Waals surface area (Å²) in [6.07, 6.45) is 4.88. The van der Waals surface area contributed by atoms with Crippen molar-refractivity contribution in [1.82, 2.24) is 0 Å². The molecule has 0 amide bonds. The molecule has 1 aliphatic carbocycles. The van der Waals surface area contributed by atoms with Crippen LogP contribution in [0.4, 0.5) is 0 Å². The largest absolute Gasteiger partial charge is 0.493 e. The molecule has 0 unspecified atom stereocenters. The van der Waals surface area contributed by atoms with Crippen LogP contribution in [0.5, 0.6) is 11.5 Å². The maximum absolute atomic E-state index is 5.67. The fourth-order valence-corrected chi connectivity index (χ4v) is 4.33. The molecule has 0 saturated carbocycles. The monoisotopic (exact) mass is 264 g/mol. The van der Waals surface area contributed by atoms with E-state index in [1.165, 1.54) is 35.6 Å². The van der Waals surface area contributed by atoms with Gasteiger partial charge in [-0.3, -0.25) is 0 Å². The fourth-order valence-electron chi connectivity index (χ4n) is 2.82. The van der Waals surface area contributed by atoms with Gasteiger partial charge in [-0.25, -0.2) is 0 Å². The number of hydrogen-bond donors (Lipinski definition) is 0. The summed E-state index contributed by atoms with van der Waals surface area (Å²) in [5.74, 6) is 1.98. The van der Waals surface area contributed by atoms with E-state index in [0.29, 0.717) is 0 Å². The minimum absolute atomic E-state index is 0.984. The molecule has 0 radical (unpaired) electrons. The quantitative estimate of drug-likeness (QED) is 0.781. The molecule has 1 aromatic carbocycles. The predicted molar refractivity (Wildman–Crippen MR) is 79.2 cm³/mol. The molecular formula is C15H24O2Si. The molecule has 0 atom stereocenters. The number of methoxy groups -OCH3 is 2. The predicted octanol–water partition coefficient (Wildman–Crippen LogP) is 3.13. The van der Waals surface area contributed by atoms with E-state index in [2.05, 4.69) is 25.7 Å². The lowest BCUT2D eigenvalue weighted by molar-refractivity contribution is 0.351. The maximum Gasteiger partial charge on any atom is 0.164 e. The van der Waals surface area contributed by atoms with Crippen LogP contribution in [0.2, 0.25) is 19.6 Å². The van der Waals surface area contributed by atoms with E-state index in [1.807, 2.05) is 0 Å². The number of hydrogen-bond acceptors (Lipinski definition) is 2. The molecule has 0 bridgehead atoms. The summed E-state index contributed by atoms with van der Waals surface area (Å²) < 4.78 is 11.3. The summed E-state index contributed by atoms with van der Waals surface area (Å²) >= 11 is 0. The van der Waals surface area contributed by atoms with Gasteiger partial charge < -0.3 is 9.47 Å². The number of aryl methyl sites for hydroxylation is 1. The van der Waals surface area contributed by atoms with Gasteiger partial charge >= 0.3 is 0 Å². The summed E-state index contributed by atoms with van der Waals surface area (Å²) in [7, 11) is 2.11. The van der Waals surface area contributed by atoms with E-state index < -0.39 is 8.07 Å². The zero-order valence-corrected chi connectivity index (χ0v) is 13.2. The highest BCUT2D eigenvalue weighted by atomic mass is 28.3. The molecule has 1 aliphatic rings. The van der Waals surface area contributed by atoms with Crippen LogP contribution in [-0.2, 0) is 12.8 Å². The molecule has 100 valence electrons. The average molecular weight is 264 g/mol. The third kappa shape index (κ3) is 2.28. The lowest BCUT2D eigenvalue weighted by Gasteiger charge is -2.27. The van der Waals surface area contributed by atoms with Crippen LogP contribution in [-0.4, -0.2) is 22.3 Å². The molecule has 1 aromatic rings. The van der Waals surface area contributed by atoms with Crippen LogP contribution in [0.3, 0.4) is 0 Å². The number of ether oxygens (including phenoxy) is 2. The lowest BCUT2D eigenvalue weighted by atomic mass is 9.90. The second-order valence-electron chi connectivity index (χ2n) is 6.09. The Hall–Kier alpha value is -0.963. The van der Waals surface area contributed by atoms with E-state index in [9.17, 15) is 0 Å². The minimum Gasteiger partial charge on any atom is -0.493 e. The number of benzene rings is 1. The topological polar surface area (TPSA) is 18.5 Å². The zero-order chi connectivity index (χ0) is 13.3. The smallest absolute Gasteiger partial charge is 0.164 e. The summed E-state index contributed by atoms with van der Waals surface area (Å²) in [5.41, 5.74) is 2.86. The van der Waals surface area contributed by atoms with E-state index in [-0.39, 0.29) is 0 Å². The molecule has 2 rings (SSSR count). The first-order valence-corrected chi connectivity index (χ1v) is 10.3. The summed E-state index contributed by atoms with van der Waals surface area (Å²) in [5, 5.41) is 1.39. The molecule has 0 aliphatic heterocycles. The van der Waals surface area contributed by atoms with Gasteiger partial charge in [-0.05, 0) is 36.4 Å². The van der Waals surface area contributed by atoms with Gasteiger partial charge in [-0.1, -0.05) is 25.7 Å². The first kappa shape index (κ1) is 13.5. The van der Waals surface area contributed by atoms with Crippen molar-refractivity contribution < 1.29 is 9.47 Å². The van der Waals surface area contributed by atoms with E-state index in [1.54, 1.807) is 14.2 Å². The molecule has 3 heteroatoms. The standard InChI is InChI=1S/C15H24O2Si/c1-16-14-12-9-7-6-8-11(12)10-13(15(14)17-2)18(3,4)5/h10H,6-9H2,1-5H3. The van der Waals surface area contributed by atoms with Gasteiger partial charge in [0.1, 0.15) is 0 Å². The van der Waals surface area contributed by atoms with Crippen molar-refractivity contribution >= 4 is 13.3 Å². The van der Waals surface area contributed by atoms with Gasteiger partial charge in [0.05, 0.1) is 22.3 Å². The summed E-state index contributed by atoms with van der Waals surface area (Å²) in [4.78, 5) is 0. The Balaban J connectivity index is 2.68. The highest BCUT2D eigenvalue weighted by Crippen LogP contribution is 2.37. The Labute approximate surface area is 111 Å². The first-order valence-electron chi connectivity index (χ1n) is 6.76. The molecule has 0 heterocycles. The van der Waals surface area contributed by atoms with Crippen molar-refractivity contribution in [3.8, 4) is 11.5 Å². The van der Waals surface area contributed by atoms with Crippen molar-refractivity contribution in [3.05, 3.63) is 17.2 Å². The van der Waals surface area contributed by atoms with Gasteiger partial charge in [0.25, 0.3) is 0 Å². The van der Waals surface area contributed by atoms with Crippen molar-refractivity contribution in [1.29, 1.82) is 0 Å². The second-order valence-corrected chi connectivity index (χ2v) is 11.1. The number of rotatable bonds is 3. The van der Waals surface area contributed by atoms with Crippen molar-refractivity contribution in [2.45, 2.75) is 45.3 Å². The summed E-state index contributed by atoms with van der Waals surface area (Å²) in [6, 6.07) is 2.39. The fraction of sp³-hybridized carbons (Fsp3) is 0.600. The average Bonchev–Trinajstić information content (AvgIpc) is 2.35. The SMILES string of the molecule is COc1c([Si](C)(C)C)cc2c(c1OC)CCCC2. The van der Waals surface area contributed by atoms with Crippen molar-refractivity contribution in [2.75, 3.05) is 14.2 Å². The maximum atomic E-state index is 5.67. The molecule has 0 aromatic heterocycles. The van der Waals surface area contributed by atoms with Crippen LogP contribution in [0.15, 0.2) is 6.07 Å². The zero-order valence-electron chi connectivity index (χ0n) is 12.2. The van der Waals surface area contributed by atoms with Crippen molar-refractivity contribution in [2.24, 2.45) is 0 Å². The molecule has 0 spiro atoms. The van der Waals surface area contributed by atoms with E-state index >= 15 is 0 Å². The Kier molecular flexibility index (Phi) is 3.71. The van der Waals surface area contributed by atoms with Crippen LogP contribution in [0.1, 0.15) is 24.0 Å². The van der Waals surface area contributed by atoms with Crippen LogP contribution < -0.4 is 14.7 Å². The Morgan fingerprint density at radius 2 is 1.56 bits per heavy atom. The molecule has 0 N–H and O–H groups in total. The van der Waals surface area contributed by atoms with Crippen LogP contribution >= 0.6 is 0 Å². The molecule has 0 saturated heterocycles. The molecule has 18 heavy (non-hydrogen) atoms. The van der Waals surface area contributed by atoms with Crippen LogP contribution in [0.25, 0.3) is 0 Å². The van der Waals surface area contributed by atoms with E-state index in [4.69, 9.17) is 9.47 Å². The Bertz CT molecular complexity index is 447. The summed E-state index contributed by atoms with van der Waals surface area (Å²) in [6.45, 7) is 7.08. The Morgan fingerprint density at radius 1 is 0.944 bits per heavy atom. The van der Waals surface area contributed by atoms with Gasteiger partial charge in [-0.2, -0.15) is 0 Å². The third-order valence-corrected chi connectivity index (χ3v) is 5.76. The highest BCUT2D eigenvalue weighted by Gasteiger charge is 2.28. The molecule has 0 fully saturated rings. The minimum atomic E-state index is -1.41. The molecular weight excluding hydrogens is 240 g/mol. The molecule has 2 nitrogen and oxygen atoms in total. The third-order valence-electron chi connectivity index (χ3n) is 3.77. The normalized spacial score (nSPS) is 15.2. The Morgan fingerprint density at radius 3 is 2.11 bits per heavy atom.